The molecule has 1 aliphatic rings. The second-order valence-corrected chi connectivity index (χ2v) is 6.31. The van der Waals surface area contributed by atoms with Crippen LogP contribution in [0, 0.1) is 0 Å². The third-order valence-corrected chi connectivity index (χ3v) is 4.60. The second kappa shape index (κ2) is 7.14. The summed E-state index contributed by atoms with van der Waals surface area (Å²) in [7, 11) is 0. The number of benzene rings is 1. The smallest absolute Gasteiger partial charge is 0.225 e. The molecule has 0 aromatic heterocycles. The van der Waals surface area contributed by atoms with Gasteiger partial charge in [0, 0.05) is 30.7 Å². The highest BCUT2D eigenvalue weighted by molar-refractivity contribution is 6.33. The summed E-state index contributed by atoms with van der Waals surface area (Å²) in [6.45, 7) is 5.29. The molecule has 0 aliphatic carbocycles. The van der Waals surface area contributed by atoms with E-state index in [0.29, 0.717) is 34.9 Å². The van der Waals surface area contributed by atoms with E-state index < -0.39 is 0 Å². The molecular weight excluding hydrogens is 286 g/mol. The van der Waals surface area contributed by atoms with Gasteiger partial charge in [0.1, 0.15) is 0 Å². The van der Waals surface area contributed by atoms with Gasteiger partial charge in [0.15, 0.2) is 0 Å². The molecule has 0 radical (unpaired) electrons. The number of hydrogen-bond acceptors (Lipinski definition) is 3. The van der Waals surface area contributed by atoms with Gasteiger partial charge < -0.3 is 11.1 Å². The molecule has 1 amide bonds. The van der Waals surface area contributed by atoms with Crippen LogP contribution in [0.1, 0.15) is 39.5 Å². The highest BCUT2D eigenvalue weighted by atomic mass is 35.5. The molecule has 0 spiro atoms. The van der Waals surface area contributed by atoms with E-state index in [2.05, 4.69) is 24.1 Å². The Bertz CT molecular complexity index is 496. The Balaban J connectivity index is 1.85. The van der Waals surface area contributed by atoms with E-state index in [1.165, 1.54) is 19.3 Å². The molecular formula is C16H24ClN3O. The Morgan fingerprint density at radius 1 is 1.38 bits per heavy atom. The lowest BCUT2D eigenvalue weighted by Crippen LogP contribution is -2.44. The van der Waals surface area contributed by atoms with Crippen LogP contribution >= 0.6 is 11.6 Å². The van der Waals surface area contributed by atoms with Gasteiger partial charge >= 0.3 is 0 Å². The van der Waals surface area contributed by atoms with Gasteiger partial charge in [0.05, 0.1) is 10.7 Å². The summed E-state index contributed by atoms with van der Waals surface area (Å²) in [4.78, 5) is 14.5. The van der Waals surface area contributed by atoms with E-state index in [0.717, 1.165) is 6.54 Å². The molecule has 0 bridgehead atoms. The number of amides is 1. The van der Waals surface area contributed by atoms with Gasteiger partial charge in [0.25, 0.3) is 0 Å². The van der Waals surface area contributed by atoms with Crippen LogP contribution in [0.5, 0.6) is 0 Å². The van der Waals surface area contributed by atoms with Gasteiger partial charge in [-0.05, 0) is 44.9 Å². The average molecular weight is 310 g/mol. The van der Waals surface area contributed by atoms with Crippen LogP contribution in [0.15, 0.2) is 18.2 Å². The van der Waals surface area contributed by atoms with Gasteiger partial charge in [-0.1, -0.05) is 18.0 Å². The number of halogens is 1. The molecule has 0 unspecified atom stereocenters. The molecule has 3 N–H and O–H groups in total. The maximum Gasteiger partial charge on any atom is 0.225 e. The van der Waals surface area contributed by atoms with Crippen molar-refractivity contribution in [2.45, 2.75) is 51.6 Å². The van der Waals surface area contributed by atoms with Crippen LogP contribution in [0.3, 0.4) is 0 Å². The molecule has 0 saturated carbocycles. The summed E-state index contributed by atoms with van der Waals surface area (Å²) in [6.07, 6.45) is 4.23. The number of carbonyl (C=O) groups is 1. The number of rotatable bonds is 4. The number of nitrogen functional groups attached to an aromatic ring is 1. The van der Waals surface area contributed by atoms with Crippen molar-refractivity contribution in [1.82, 2.24) is 4.90 Å². The third-order valence-electron chi connectivity index (χ3n) is 4.25. The van der Waals surface area contributed by atoms with E-state index in [9.17, 15) is 4.79 Å². The molecule has 21 heavy (non-hydrogen) atoms. The SMILES string of the molecule is C[C@@H]1CCC[C@H](C)N1CCC(=O)Nc1ccc(Cl)c(N)c1. The fourth-order valence-corrected chi connectivity index (χ4v) is 3.11. The first-order valence-electron chi connectivity index (χ1n) is 7.58. The van der Waals surface area contributed by atoms with E-state index in [1.54, 1.807) is 18.2 Å². The molecule has 1 aliphatic heterocycles. The minimum absolute atomic E-state index is 0.0155. The molecule has 1 aromatic rings. The van der Waals surface area contributed by atoms with Crippen LogP contribution in [-0.2, 0) is 4.79 Å². The lowest BCUT2D eigenvalue weighted by atomic mass is 9.97. The van der Waals surface area contributed by atoms with E-state index in [4.69, 9.17) is 17.3 Å². The highest BCUT2D eigenvalue weighted by Crippen LogP contribution is 2.24. The summed E-state index contributed by atoms with van der Waals surface area (Å²) < 4.78 is 0. The van der Waals surface area contributed by atoms with Gasteiger partial charge in [-0.3, -0.25) is 9.69 Å². The number of anilines is 2. The van der Waals surface area contributed by atoms with Crippen molar-refractivity contribution in [1.29, 1.82) is 0 Å². The van der Waals surface area contributed by atoms with Crippen molar-refractivity contribution in [3.8, 4) is 0 Å². The zero-order chi connectivity index (χ0) is 15.4. The molecule has 5 heteroatoms. The Morgan fingerprint density at radius 3 is 2.67 bits per heavy atom. The Morgan fingerprint density at radius 2 is 2.05 bits per heavy atom. The number of likely N-dealkylation sites (tertiary alicyclic amines) is 1. The van der Waals surface area contributed by atoms with Crippen molar-refractivity contribution in [3.05, 3.63) is 23.2 Å². The monoisotopic (exact) mass is 309 g/mol. The van der Waals surface area contributed by atoms with Crippen LogP contribution in [0.25, 0.3) is 0 Å². The fourth-order valence-electron chi connectivity index (χ4n) is 2.99. The molecule has 1 saturated heterocycles. The first-order valence-corrected chi connectivity index (χ1v) is 7.96. The van der Waals surface area contributed by atoms with Gasteiger partial charge in [-0.25, -0.2) is 0 Å². The number of piperidine rings is 1. The molecule has 1 aromatic carbocycles. The Kier molecular flexibility index (Phi) is 5.48. The van der Waals surface area contributed by atoms with E-state index >= 15 is 0 Å². The minimum atomic E-state index is 0.0155. The van der Waals surface area contributed by atoms with Gasteiger partial charge in [0.2, 0.25) is 5.91 Å². The predicted octanol–water partition coefficient (Wildman–Crippen LogP) is 3.51. The zero-order valence-corrected chi connectivity index (χ0v) is 13.5. The summed E-state index contributed by atoms with van der Waals surface area (Å²) in [6, 6.07) is 6.27. The van der Waals surface area contributed by atoms with E-state index in [1.807, 2.05) is 0 Å². The van der Waals surface area contributed by atoms with Crippen LogP contribution < -0.4 is 11.1 Å². The number of nitrogens with zero attached hydrogens (tertiary/aromatic N) is 1. The van der Waals surface area contributed by atoms with Crippen molar-refractivity contribution in [3.63, 3.8) is 0 Å². The topological polar surface area (TPSA) is 58.4 Å². The molecule has 2 atom stereocenters. The molecule has 116 valence electrons. The summed E-state index contributed by atoms with van der Waals surface area (Å²) >= 11 is 5.87. The average Bonchev–Trinajstić information content (AvgIpc) is 2.42. The standard InChI is InChI=1S/C16H24ClN3O/c1-11-4-3-5-12(2)20(11)9-8-16(21)19-13-6-7-14(17)15(18)10-13/h6-7,10-12H,3-5,8-9,18H2,1-2H3,(H,19,21)/t11-,12+. The predicted molar refractivity (Wildman–Crippen MR) is 88.6 cm³/mol. The number of nitrogens with two attached hydrogens (primary N) is 1. The molecule has 1 heterocycles. The van der Waals surface area contributed by atoms with Crippen molar-refractivity contribution < 1.29 is 4.79 Å². The normalized spacial score (nSPS) is 23.0. The second-order valence-electron chi connectivity index (χ2n) is 5.90. The van der Waals surface area contributed by atoms with Crippen LogP contribution in [-0.4, -0.2) is 29.4 Å². The summed E-state index contributed by atoms with van der Waals surface area (Å²) in [5, 5.41) is 3.38. The van der Waals surface area contributed by atoms with E-state index in [-0.39, 0.29) is 5.91 Å². The maximum atomic E-state index is 12.1. The largest absolute Gasteiger partial charge is 0.397 e. The first kappa shape index (κ1) is 16.1. The van der Waals surface area contributed by atoms with Crippen LogP contribution in [0.4, 0.5) is 11.4 Å². The molecule has 4 nitrogen and oxygen atoms in total. The number of hydrogen-bond donors (Lipinski definition) is 2. The Labute approximate surface area is 131 Å². The number of nitrogens with one attached hydrogen (secondary N) is 1. The van der Waals surface area contributed by atoms with Crippen molar-refractivity contribution in [2.75, 3.05) is 17.6 Å². The first-order chi connectivity index (χ1) is 9.97. The molecule has 1 fully saturated rings. The minimum Gasteiger partial charge on any atom is -0.397 e. The van der Waals surface area contributed by atoms with Gasteiger partial charge in [-0.2, -0.15) is 0 Å². The quantitative estimate of drug-likeness (QED) is 0.837. The van der Waals surface area contributed by atoms with Crippen molar-refractivity contribution >= 4 is 28.9 Å². The van der Waals surface area contributed by atoms with Gasteiger partial charge in [-0.15, -0.1) is 0 Å². The lowest BCUT2D eigenvalue weighted by molar-refractivity contribution is -0.116. The third kappa shape index (κ3) is 4.35. The zero-order valence-electron chi connectivity index (χ0n) is 12.7. The maximum absolute atomic E-state index is 12.1. The van der Waals surface area contributed by atoms with Crippen LogP contribution in [0.2, 0.25) is 5.02 Å². The molecule has 2 rings (SSSR count). The lowest BCUT2D eigenvalue weighted by Gasteiger charge is -2.38. The highest BCUT2D eigenvalue weighted by Gasteiger charge is 2.24. The fraction of sp³-hybridized carbons (Fsp3) is 0.562. The Hall–Kier alpha value is -1.26. The van der Waals surface area contributed by atoms with Crippen molar-refractivity contribution in [2.24, 2.45) is 0 Å². The summed E-state index contributed by atoms with van der Waals surface area (Å²) in [5.41, 5.74) is 6.91. The summed E-state index contributed by atoms with van der Waals surface area (Å²) in [5.74, 6) is 0.0155. The number of carbonyl (C=O) groups excluding carboxylic acids is 1.